The number of amides is 3. The minimum Gasteiger partial charge on any atom is -0.352 e. The lowest BCUT2D eigenvalue weighted by Gasteiger charge is -2.34. The van der Waals surface area contributed by atoms with Crippen molar-refractivity contribution in [2.75, 3.05) is 26.2 Å². The van der Waals surface area contributed by atoms with E-state index in [1.165, 1.54) is 16.2 Å². The van der Waals surface area contributed by atoms with Gasteiger partial charge in [0.05, 0.1) is 13.1 Å². The summed E-state index contributed by atoms with van der Waals surface area (Å²) in [6.45, 7) is 0.524. The molecule has 1 saturated heterocycles. The van der Waals surface area contributed by atoms with Gasteiger partial charge in [0.2, 0.25) is 17.7 Å². The first-order valence-electron chi connectivity index (χ1n) is 6.21. The molecule has 116 valence electrons. The van der Waals surface area contributed by atoms with Gasteiger partial charge in [-0.3, -0.25) is 14.4 Å². The van der Waals surface area contributed by atoms with Crippen molar-refractivity contribution in [3.8, 4) is 0 Å². The topological polar surface area (TPSA) is 105 Å². The largest absolute Gasteiger partial charge is 0.352 e. The van der Waals surface area contributed by atoms with Crippen LogP contribution in [0.1, 0.15) is 10.9 Å². The van der Waals surface area contributed by atoms with Gasteiger partial charge in [-0.05, 0) is 11.4 Å². The Morgan fingerprint density at radius 3 is 2.90 bits per heavy atom. The van der Waals surface area contributed by atoms with Crippen LogP contribution in [0.2, 0.25) is 0 Å². The highest BCUT2D eigenvalue weighted by atomic mass is 35.5. The first-order valence-corrected chi connectivity index (χ1v) is 7.09. The second kappa shape index (κ2) is 7.96. The Kier molecular flexibility index (Phi) is 6.60. The van der Waals surface area contributed by atoms with Gasteiger partial charge in [-0.25, -0.2) is 0 Å². The Morgan fingerprint density at radius 2 is 2.29 bits per heavy atom. The molecule has 4 N–H and O–H groups in total. The van der Waals surface area contributed by atoms with Crippen molar-refractivity contribution < 1.29 is 14.4 Å². The summed E-state index contributed by atoms with van der Waals surface area (Å²) in [5.41, 5.74) is 5.16. The first-order chi connectivity index (χ1) is 9.63. The molecule has 0 radical (unpaired) electrons. The van der Waals surface area contributed by atoms with Crippen molar-refractivity contribution in [1.82, 2.24) is 15.5 Å². The maximum atomic E-state index is 12.2. The van der Waals surface area contributed by atoms with Crippen molar-refractivity contribution in [1.29, 1.82) is 0 Å². The number of hydrogen-bond acceptors (Lipinski definition) is 5. The predicted octanol–water partition coefficient (Wildman–Crippen LogP) is -0.756. The zero-order valence-electron chi connectivity index (χ0n) is 11.2. The van der Waals surface area contributed by atoms with E-state index in [0.29, 0.717) is 13.1 Å². The number of nitrogens with one attached hydrogen (secondary N) is 2. The molecule has 0 saturated carbocycles. The zero-order valence-corrected chi connectivity index (χ0v) is 12.8. The van der Waals surface area contributed by atoms with Gasteiger partial charge in [0.1, 0.15) is 6.04 Å². The molecule has 1 unspecified atom stereocenters. The van der Waals surface area contributed by atoms with Crippen molar-refractivity contribution in [2.45, 2.75) is 6.04 Å². The predicted molar refractivity (Wildman–Crippen MR) is 81.1 cm³/mol. The van der Waals surface area contributed by atoms with Gasteiger partial charge in [0, 0.05) is 18.0 Å². The van der Waals surface area contributed by atoms with E-state index in [-0.39, 0.29) is 37.3 Å². The average Bonchev–Trinajstić information content (AvgIpc) is 2.97. The Morgan fingerprint density at radius 1 is 1.52 bits per heavy atom. The van der Waals surface area contributed by atoms with E-state index in [1.54, 1.807) is 0 Å². The lowest BCUT2D eigenvalue weighted by molar-refractivity contribution is -0.143. The van der Waals surface area contributed by atoms with E-state index in [2.05, 4.69) is 10.6 Å². The molecule has 21 heavy (non-hydrogen) atoms. The molecule has 3 amide bonds. The fraction of sp³-hybridized carbons (Fsp3) is 0.417. The Hall–Kier alpha value is -1.64. The third-order valence-corrected chi connectivity index (χ3v) is 3.89. The summed E-state index contributed by atoms with van der Waals surface area (Å²) < 4.78 is 0. The molecule has 1 aromatic rings. The van der Waals surface area contributed by atoms with Gasteiger partial charge >= 0.3 is 0 Å². The molecule has 2 heterocycles. The van der Waals surface area contributed by atoms with Crippen LogP contribution >= 0.6 is 23.7 Å². The fourth-order valence-corrected chi connectivity index (χ4v) is 2.85. The molecular weight excluding hydrogens is 316 g/mol. The van der Waals surface area contributed by atoms with Gasteiger partial charge < -0.3 is 21.3 Å². The number of thiophene rings is 1. The van der Waals surface area contributed by atoms with E-state index in [4.69, 9.17) is 5.73 Å². The van der Waals surface area contributed by atoms with Crippen LogP contribution in [-0.2, 0) is 14.4 Å². The van der Waals surface area contributed by atoms with Gasteiger partial charge in [-0.15, -0.1) is 23.7 Å². The molecule has 1 atom stereocenters. The van der Waals surface area contributed by atoms with E-state index >= 15 is 0 Å². The summed E-state index contributed by atoms with van der Waals surface area (Å²) in [7, 11) is 0. The minimum atomic E-state index is -0.619. The second-order valence-corrected chi connectivity index (χ2v) is 5.26. The van der Waals surface area contributed by atoms with Crippen LogP contribution in [-0.4, -0.2) is 48.8 Å². The summed E-state index contributed by atoms with van der Waals surface area (Å²) in [6, 6.07) is 3.03. The summed E-state index contributed by atoms with van der Waals surface area (Å²) in [6.07, 6.45) is 0. The number of rotatable bonds is 4. The smallest absolute Gasteiger partial charge is 0.248 e. The fourth-order valence-electron chi connectivity index (χ4n) is 2.01. The number of hydrogen-bond donors (Lipinski definition) is 3. The Bertz CT molecular complexity index is 509. The highest BCUT2D eigenvalue weighted by Gasteiger charge is 2.34. The van der Waals surface area contributed by atoms with Crippen molar-refractivity contribution in [2.24, 2.45) is 5.73 Å². The van der Waals surface area contributed by atoms with Crippen LogP contribution in [0, 0.1) is 0 Å². The Labute approximate surface area is 132 Å². The summed E-state index contributed by atoms with van der Waals surface area (Å²) in [5.74, 6) is -0.885. The van der Waals surface area contributed by atoms with Crippen molar-refractivity contribution in [3.63, 3.8) is 0 Å². The van der Waals surface area contributed by atoms with E-state index in [9.17, 15) is 14.4 Å². The number of piperazine rings is 1. The van der Waals surface area contributed by atoms with Crippen molar-refractivity contribution >= 4 is 41.5 Å². The number of halogens is 1. The van der Waals surface area contributed by atoms with Crippen LogP contribution < -0.4 is 16.4 Å². The molecule has 0 spiro atoms. The van der Waals surface area contributed by atoms with E-state index in [0.717, 1.165) is 4.88 Å². The SMILES string of the molecule is Cl.NCC(=O)NCC(=O)N1CCNC(=O)C1c1cccs1. The molecule has 0 aliphatic carbocycles. The molecule has 0 aromatic carbocycles. The number of nitrogens with zero attached hydrogens (tertiary/aromatic N) is 1. The summed E-state index contributed by atoms with van der Waals surface area (Å²) in [4.78, 5) is 37.5. The molecule has 2 rings (SSSR count). The number of nitrogens with two attached hydrogens (primary N) is 1. The summed E-state index contributed by atoms with van der Waals surface area (Å²) in [5, 5.41) is 7.03. The molecule has 1 aromatic heterocycles. The molecule has 1 aliphatic rings. The van der Waals surface area contributed by atoms with Crippen LogP contribution in [0.15, 0.2) is 17.5 Å². The standard InChI is InChI=1S/C12H16N4O3S.ClH/c13-6-9(17)15-7-10(18)16-4-3-14-12(19)11(16)8-2-1-5-20-8;/h1-2,5,11H,3-4,6-7,13H2,(H,14,19)(H,15,17);1H. The highest BCUT2D eigenvalue weighted by Crippen LogP contribution is 2.26. The van der Waals surface area contributed by atoms with Crippen molar-refractivity contribution in [3.05, 3.63) is 22.4 Å². The van der Waals surface area contributed by atoms with Crippen LogP contribution in [0.5, 0.6) is 0 Å². The average molecular weight is 333 g/mol. The number of carbonyl (C=O) groups is 3. The first kappa shape index (κ1) is 17.4. The summed E-state index contributed by atoms with van der Waals surface area (Å²) >= 11 is 1.42. The molecule has 9 heteroatoms. The maximum Gasteiger partial charge on any atom is 0.248 e. The number of carbonyl (C=O) groups excluding carboxylic acids is 3. The van der Waals surface area contributed by atoms with Crippen LogP contribution in [0.25, 0.3) is 0 Å². The van der Waals surface area contributed by atoms with Gasteiger partial charge in [0.15, 0.2) is 0 Å². The van der Waals surface area contributed by atoms with Gasteiger partial charge in [-0.1, -0.05) is 6.07 Å². The minimum absolute atomic E-state index is 0. The Balaban J connectivity index is 0.00000220. The third kappa shape index (κ3) is 4.16. The zero-order chi connectivity index (χ0) is 14.5. The molecule has 0 bridgehead atoms. The monoisotopic (exact) mass is 332 g/mol. The maximum absolute atomic E-state index is 12.2. The van der Waals surface area contributed by atoms with E-state index in [1.807, 2.05) is 17.5 Å². The van der Waals surface area contributed by atoms with E-state index < -0.39 is 11.9 Å². The van der Waals surface area contributed by atoms with Crippen LogP contribution in [0.4, 0.5) is 0 Å². The van der Waals surface area contributed by atoms with Gasteiger partial charge in [0.25, 0.3) is 0 Å². The molecule has 1 fully saturated rings. The normalized spacial score (nSPS) is 17.7. The lowest BCUT2D eigenvalue weighted by atomic mass is 10.1. The lowest BCUT2D eigenvalue weighted by Crippen LogP contribution is -2.54. The highest BCUT2D eigenvalue weighted by molar-refractivity contribution is 7.10. The van der Waals surface area contributed by atoms with Crippen LogP contribution in [0.3, 0.4) is 0 Å². The quantitative estimate of drug-likeness (QED) is 0.674. The van der Waals surface area contributed by atoms with Gasteiger partial charge in [-0.2, -0.15) is 0 Å². The molecular formula is C12H17ClN4O3S. The molecule has 7 nitrogen and oxygen atoms in total. The third-order valence-electron chi connectivity index (χ3n) is 2.97. The molecule has 1 aliphatic heterocycles. The second-order valence-electron chi connectivity index (χ2n) is 4.28.